The number of amides is 3. The maximum absolute atomic E-state index is 12.2. The van der Waals surface area contributed by atoms with Gasteiger partial charge in [0.2, 0.25) is 0 Å². The van der Waals surface area contributed by atoms with Crippen LogP contribution in [0.25, 0.3) is 6.08 Å². The maximum Gasteiger partial charge on any atom is 0.328 e. The summed E-state index contributed by atoms with van der Waals surface area (Å²) in [5.41, 5.74) is 1.17. The van der Waals surface area contributed by atoms with Gasteiger partial charge in [-0.3, -0.25) is 9.69 Å². The SMILES string of the molecule is CCN1C(=O)N/C(=C\c2ccccc2Sc2ccc(Cl)cc2)C1=O. The highest BCUT2D eigenvalue weighted by molar-refractivity contribution is 7.99. The predicted octanol–water partition coefficient (Wildman–Crippen LogP) is 4.40. The third kappa shape index (κ3) is 3.47. The van der Waals surface area contributed by atoms with Crippen LogP contribution in [-0.4, -0.2) is 23.4 Å². The first-order valence-corrected chi connectivity index (χ1v) is 8.65. The number of rotatable bonds is 4. The second kappa shape index (κ2) is 7.11. The normalized spacial score (nSPS) is 15.9. The highest BCUT2D eigenvalue weighted by Crippen LogP contribution is 2.32. The molecule has 1 fully saturated rings. The van der Waals surface area contributed by atoms with Gasteiger partial charge in [-0.05, 0) is 48.9 Å². The molecule has 2 aromatic rings. The van der Waals surface area contributed by atoms with Gasteiger partial charge in [-0.2, -0.15) is 0 Å². The first-order valence-electron chi connectivity index (χ1n) is 7.45. The summed E-state index contributed by atoms with van der Waals surface area (Å²) in [6.07, 6.45) is 1.72. The molecule has 122 valence electrons. The topological polar surface area (TPSA) is 49.4 Å². The van der Waals surface area contributed by atoms with Gasteiger partial charge in [0, 0.05) is 21.4 Å². The first-order chi connectivity index (χ1) is 11.6. The molecule has 3 rings (SSSR count). The number of hydrogen-bond donors (Lipinski definition) is 1. The van der Waals surface area contributed by atoms with Crippen LogP contribution in [0.15, 0.2) is 64.0 Å². The minimum Gasteiger partial charge on any atom is -0.303 e. The van der Waals surface area contributed by atoms with Gasteiger partial charge >= 0.3 is 6.03 Å². The van der Waals surface area contributed by atoms with Crippen molar-refractivity contribution in [1.82, 2.24) is 10.2 Å². The summed E-state index contributed by atoms with van der Waals surface area (Å²) < 4.78 is 0. The number of nitrogens with zero attached hydrogens (tertiary/aromatic N) is 1. The van der Waals surface area contributed by atoms with E-state index in [2.05, 4.69) is 5.32 Å². The third-order valence-corrected chi connectivity index (χ3v) is 4.89. The molecule has 0 unspecified atom stereocenters. The Kier molecular flexibility index (Phi) is 4.92. The molecule has 0 radical (unpaired) electrons. The van der Waals surface area contributed by atoms with Crippen LogP contribution in [0, 0.1) is 0 Å². The fourth-order valence-electron chi connectivity index (χ4n) is 2.34. The summed E-state index contributed by atoms with van der Waals surface area (Å²) in [6.45, 7) is 2.12. The highest BCUT2D eigenvalue weighted by Gasteiger charge is 2.32. The zero-order chi connectivity index (χ0) is 17.1. The van der Waals surface area contributed by atoms with Crippen molar-refractivity contribution in [3.05, 3.63) is 64.8 Å². The van der Waals surface area contributed by atoms with Gasteiger partial charge in [0.25, 0.3) is 5.91 Å². The van der Waals surface area contributed by atoms with E-state index in [0.29, 0.717) is 17.3 Å². The Morgan fingerprint density at radius 2 is 1.83 bits per heavy atom. The van der Waals surface area contributed by atoms with Crippen LogP contribution in [0.4, 0.5) is 4.79 Å². The number of carbonyl (C=O) groups is 2. The molecule has 3 amide bonds. The van der Waals surface area contributed by atoms with E-state index in [1.54, 1.807) is 24.8 Å². The Morgan fingerprint density at radius 3 is 2.50 bits per heavy atom. The molecule has 24 heavy (non-hydrogen) atoms. The second-order valence-corrected chi connectivity index (χ2v) is 6.68. The number of likely N-dealkylation sites (N-methyl/N-ethyl adjacent to an activating group) is 1. The summed E-state index contributed by atoms with van der Waals surface area (Å²) in [5, 5.41) is 3.31. The molecule has 2 aromatic carbocycles. The molecule has 0 aliphatic carbocycles. The molecule has 0 spiro atoms. The van der Waals surface area contributed by atoms with Gasteiger partial charge in [0.1, 0.15) is 5.70 Å². The summed E-state index contributed by atoms with van der Waals surface area (Å²) >= 11 is 7.49. The van der Waals surface area contributed by atoms with E-state index in [9.17, 15) is 9.59 Å². The number of carbonyl (C=O) groups excluding carboxylic acids is 2. The largest absolute Gasteiger partial charge is 0.328 e. The van der Waals surface area contributed by atoms with E-state index >= 15 is 0 Å². The van der Waals surface area contributed by atoms with Crippen molar-refractivity contribution in [2.24, 2.45) is 0 Å². The van der Waals surface area contributed by atoms with Crippen molar-refractivity contribution in [1.29, 1.82) is 0 Å². The summed E-state index contributed by atoms with van der Waals surface area (Å²) in [7, 11) is 0. The van der Waals surface area contributed by atoms with Gasteiger partial charge in [-0.25, -0.2) is 4.79 Å². The van der Waals surface area contributed by atoms with Crippen LogP contribution in [0.5, 0.6) is 0 Å². The molecule has 0 saturated carbocycles. The lowest BCUT2D eigenvalue weighted by atomic mass is 10.2. The van der Waals surface area contributed by atoms with Crippen molar-refractivity contribution in [3.8, 4) is 0 Å². The predicted molar refractivity (Wildman–Crippen MR) is 95.9 cm³/mol. The Morgan fingerprint density at radius 1 is 1.12 bits per heavy atom. The van der Waals surface area contributed by atoms with Gasteiger partial charge in [-0.1, -0.05) is 41.6 Å². The van der Waals surface area contributed by atoms with E-state index < -0.39 is 0 Å². The average Bonchev–Trinajstić information content (AvgIpc) is 2.85. The molecule has 1 saturated heterocycles. The Hall–Kier alpha value is -2.24. The Labute approximate surface area is 149 Å². The maximum atomic E-state index is 12.2. The molecular weight excluding hydrogens is 344 g/mol. The molecular formula is C18H15ClN2O2S. The first kappa shape index (κ1) is 16.6. The van der Waals surface area contributed by atoms with E-state index in [1.807, 2.05) is 48.5 Å². The minimum atomic E-state index is -0.378. The smallest absolute Gasteiger partial charge is 0.303 e. The van der Waals surface area contributed by atoms with Gasteiger partial charge in [0.05, 0.1) is 0 Å². The molecule has 0 atom stereocenters. The summed E-state index contributed by atoms with van der Waals surface area (Å²) in [4.78, 5) is 27.2. The Balaban J connectivity index is 1.90. The molecule has 1 N–H and O–H groups in total. The van der Waals surface area contributed by atoms with Crippen LogP contribution in [0.1, 0.15) is 12.5 Å². The molecule has 6 heteroatoms. The lowest BCUT2D eigenvalue weighted by molar-refractivity contribution is -0.122. The second-order valence-electron chi connectivity index (χ2n) is 5.13. The number of nitrogens with one attached hydrogen (secondary N) is 1. The minimum absolute atomic E-state index is 0.297. The monoisotopic (exact) mass is 358 g/mol. The molecule has 0 aromatic heterocycles. The number of hydrogen-bond acceptors (Lipinski definition) is 3. The fourth-order valence-corrected chi connectivity index (χ4v) is 3.38. The van der Waals surface area contributed by atoms with Crippen molar-refractivity contribution >= 4 is 41.4 Å². The van der Waals surface area contributed by atoms with Gasteiger partial charge in [-0.15, -0.1) is 0 Å². The van der Waals surface area contributed by atoms with Crippen LogP contribution in [0.3, 0.4) is 0 Å². The lowest BCUT2D eigenvalue weighted by Gasteiger charge is -2.07. The number of imide groups is 1. The average molecular weight is 359 g/mol. The van der Waals surface area contributed by atoms with Crippen molar-refractivity contribution < 1.29 is 9.59 Å². The summed E-state index contributed by atoms with van der Waals surface area (Å²) in [6, 6.07) is 14.9. The van der Waals surface area contributed by atoms with E-state index in [-0.39, 0.29) is 11.9 Å². The molecule has 4 nitrogen and oxygen atoms in total. The molecule has 1 aliphatic rings. The van der Waals surface area contributed by atoms with Gasteiger partial charge < -0.3 is 5.32 Å². The van der Waals surface area contributed by atoms with Crippen molar-refractivity contribution in [2.75, 3.05) is 6.54 Å². The van der Waals surface area contributed by atoms with E-state index in [1.165, 1.54) is 4.90 Å². The van der Waals surface area contributed by atoms with Crippen molar-refractivity contribution in [2.45, 2.75) is 16.7 Å². The highest BCUT2D eigenvalue weighted by atomic mass is 35.5. The van der Waals surface area contributed by atoms with E-state index in [0.717, 1.165) is 15.4 Å². The quantitative estimate of drug-likeness (QED) is 0.650. The van der Waals surface area contributed by atoms with Crippen molar-refractivity contribution in [3.63, 3.8) is 0 Å². The van der Waals surface area contributed by atoms with Crippen LogP contribution < -0.4 is 5.32 Å². The lowest BCUT2D eigenvalue weighted by Crippen LogP contribution is -2.30. The third-order valence-electron chi connectivity index (χ3n) is 3.54. The Bertz CT molecular complexity index is 818. The molecule has 1 aliphatic heterocycles. The zero-order valence-electron chi connectivity index (χ0n) is 13.0. The zero-order valence-corrected chi connectivity index (χ0v) is 14.5. The number of urea groups is 1. The van der Waals surface area contributed by atoms with Crippen LogP contribution in [-0.2, 0) is 4.79 Å². The molecule has 1 heterocycles. The fraction of sp³-hybridized carbons (Fsp3) is 0.111. The number of halogens is 1. The standard InChI is InChI=1S/C18H15ClN2O2S/c1-2-21-17(22)15(20-18(21)23)11-12-5-3-4-6-16(12)24-14-9-7-13(19)8-10-14/h3-11H,2H2,1H3,(H,20,23)/b15-11-. The number of benzene rings is 2. The van der Waals surface area contributed by atoms with Crippen LogP contribution >= 0.6 is 23.4 Å². The molecule has 0 bridgehead atoms. The van der Waals surface area contributed by atoms with E-state index in [4.69, 9.17) is 11.6 Å². The summed E-state index contributed by atoms with van der Waals surface area (Å²) in [5.74, 6) is -0.297. The van der Waals surface area contributed by atoms with Gasteiger partial charge in [0.15, 0.2) is 0 Å². The van der Waals surface area contributed by atoms with Crippen LogP contribution in [0.2, 0.25) is 5.02 Å².